The Bertz CT molecular complexity index is 341. The highest BCUT2D eigenvalue weighted by atomic mass is 31.0. The van der Waals surface area contributed by atoms with Crippen LogP contribution in [0, 0.1) is 0 Å². The first kappa shape index (κ1) is 10.5. The molecule has 0 unspecified atom stereocenters. The van der Waals surface area contributed by atoms with Gasteiger partial charge in [0.05, 0.1) is 5.42 Å². The van der Waals surface area contributed by atoms with Crippen molar-refractivity contribution in [2.45, 2.75) is 0 Å². The summed E-state index contributed by atoms with van der Waals surface area (Å²) in [7, 11) is 1.08. The summed E-state index contributed by atoms with van der Waals surface area (Å²) in [4.78, 5) is 2.32. The third-order valence-corrected chi connectivity index (χ3v) is 3.47. The van der Waals surface area contributed by atoms with E-state index in [-0.39, 0.29) is 0 Å². The van der Waals surface area contributed by atoms with Gasteiger partial charge in [0.2, 0.25) is 0 Å². The summed E-state index contributed by atoms with van der Waals surface area (Å²) in [6.07, 6.45) is 0. The van der Waals surface area contributed by atoms with Gasteiger partial charge in [-0.15, -0.1) is 0 Å². The van der Waals surface area contributed by atoms with Gasteiger partial charge in [0.25, 0.3) is 0 Å². The second-order valence-corrected chi connectivity index (χ2v) is 4.69. The van der Waals surface area contributed by atoms with Gasteiger partial charge in [-0.25, -0.2) is 0 Å². The molecule has 1 aromatic rings. The molecule has 4 heteroatoms. The van der Waals surface area contributed by atoms with E-state index in [0.29, 0.717) is 0 Å². The zero-order chi connectivity index (χ0) is 10.7. The molecule has 1 fully saturated rings. The topological polar surface area (TPSA) is 41.3 Å². The number of nitrogens with two attached hydrogens (primary N) is 1. The molecule has 80 valence electrons. The molecule has 1 aliphatic heterocycles. The van der Waals surface area contributed by atoms with E-state index in [2.05, 4.69) is 28.7 Å². The van der Waals surface area contributed by atoms with Crippen molar-refractivity contribution < 1.29 is 0 Å². The summed E-state index contributed by atoms with van der Waals surface area (Å²) in [6, 6.07) is 4.01. The Balaban J connectivity index is 2.09. The predicted molar refractivity (Wildman–Crippen MR) is 66.8 cm³/mol. The largest absolute Gasteiger partial charge is 0.395 e. The molecule has 0 spiro atoms. The Hall–Kier alpha value is -1.05. The normalized spacial score (nSPS) is 16.9. The number of piperazine rings is 1. The van der Waals surface area contributed by atoms with Crippen LogP contribution in [0.3, 0.4) is 0 Å². The second-order valence-electron chi connectivity index (χ2n) is 3.66. The third kappa shape index (κ3) is 2.49. The molecule has 1 aliphatic rings. The van der Waals surface area contributed by atoms with E-state index in [1.165, 1.54) is 5.56 Å². The molecule has 3 nitrogen and oxygen atoms in total. The van der Waals surface area contributed by atoms with Crippen molar-refractivity contribution in [3.05, 3.63) is 30.1 Å². The highest BCUT2D eigenvalue weighted by Gasteiger charge is 2.12. The van der Waals surface area contributed by atoms with Gasteiger partial charge in [0.15, 0.2) is 0 Å². The van der Waals surface area contributed by atoms with Gasteiger partial charge < -0.3 is 16.0 Å². The maximum atomic E-state index is 5.70. The van der Waals surface area contributed by atoms with Gasteiger partial charge in [0.1, 0.15) is 0 Å². The zero-order valence-corrected chi connectivity index (χ0v) is 9.63. The Morgan fingerprint density at radius 1 is 1.40 bits per heavy atom. The molecule has 0 atom stereocenters. The predicted octanol–water partition coefficient (Wildman–Crippen LogP) is 1.72. The Morgan fingerprint density at radius 2 is 2.13 bits per heavy atom. The highest BCUT2D eigenvalue weighted by molar-refractivity contribution is 7.33. The van der Waals surface area contributed by atoms with Crippen molar-refractivity contribution >= 4 is 19.3 Å². The number of hydrogen-bond acceptors (Lipinski definition) is 3. The lowest BCUT2D eigenvalue weighted by Gasteiger charge is -2.31. The maximum Gasteiger partial charge on any atom is 0.0590 e. The van der Waals surface area contributed by atoms with Crippen LogP contribution in [0.1, 0.15) is 5.56 Å². The smallest absolute Gasteiger partial charge is 0.0590 e. The quantitative estimate of drug-likeness (QED) is 0.799. The van der Waals surface area contributed by atoms with Crippen LogP contribution in [0.4, 0.5) is 5.42 Å². The fraction of sp³-hybridized carbons (Fsp3) is 0.364. The number of nitrogens with one attached hydrogen (secondary N) is 1. The van der Waals surface area contributed by atoms with Gasteiger partial charge in [-0.1, -0.05) is 12.6 Å². The summed E-state index contributed by atoms with van der Waals surface area (Å²) in [5, 5.41) is 3.33. The molecule has 15 heavy (non-hydrogen) atoms. The summed E-state index contributed by atoms with van der Waals surface area (Å²) in [5.74, 6) is 2.12. The molecule has 0 saturated carbocycles. The monoisotopic (exact) mass is 221 g/mol. The molecule has 2 heterocycles. The Kier molecular flexibility index (Phi) is 3.24. The minimum atomic E-state index is 0.895. The molecule has 1 saturated heterocycles. The van der Waals surface area contributed by atoms with Crippen molar-refractivity contribution in [2.24, 2.45) is 0 Å². The number of anilines is 1. The summed E-state index contributed by atoms with van der Waals surface area (Å²) in [6.45, 7) is 8.32. The van der Waals surface area contributed by atoms with E-state index in [1.807, 2.05) is 6.07 Å². The number of nitrogen functional groups attached to an aromatic ring is 1. The highest BCUT2D eigenvalue weighted by Crippen LogP contribution is 2.24. The number of hydrogen-bond donors (Lipinski definition) is 2. The van der Waals surface area contributed by atoms with E-state index in [0.717, 1.165) is 45.5 Å². The van der Waals surface area contributed by atoms with Crippen molar-refractivity contribution in [1.82, 2.24) is 10.2 Å². The van der Waals surface area contributed by atoms with Gasteiger partial charge in [-0.2, -0.15) is 0 Å². The number of rotatable bonds is 2. The van der Waals surface area contributed by atoms with E-state index in [4.69, 9.17) is 5.73 Å². The van der Waals surface area contributed by atoms with Crippen LogP contribution < -0.4 is 11.1 Å². The van der Waals surface area contributed by atoms with Crippen LogP contribution in [0.2, 0.25) is 0 Å². The van der Waals surface area contributed by atoms with Crippen LogP contribution in [-0.4, -0.2) is 31.1 Å². The standard InChI is InChI=1S/C11H16N3P/c1-9(14-6-4-13-5-7-14)10-2-3-11(12)15-8-10/h2-3,8,13H,1,4-7,12H2. The Morgan fingerprint density at radius 3 is 2.73 bits per heavy atom. The number of nitrogens with zero attached hydrogens (tertiary/aromatic N) is 1. The molecule has 1 aromatic heterocycles. The molecule has 0 radical (unpaired) electrons. The van der Waals surface area contributed by atoms with Gasteiger partial charge in [-0.3, -0.25) is 0 Å². The molecular weight excluding hydrogens is 205 g/mol. The summed E-state index contributed by atoms with van der Waals surface area (Å²) >= 11 is 0. The molecule has 3 N–H and O–H groups in total. The molecule has 2 rings (SSSR count). The molecular formula is C11H16N3P. The third-order valence-electron chi connectivity index (χ3n) is 2.62. The lowest BCUT2D eigenvalue weighted by Crippen LogP contribution is -2.42. The summed E-state index contributed by atoms with van der Waals surface area (Å²) in [5.41, 5.74) is 8.91. The van der Waals surface area contributed by atoms with Gasteiger partial charge in [-0.05, 0) is 20.1 Å². The van der Waals surface area contributed by atoms with Gasteiger partial charge >= 0.3 is 0 Å². The van der Waals surface area contributed by atoms with E-state index >= 15 is 0 Å². The average Bonchev–Trinajstić information content (AvgIpc) is 2.30. The second kappa shape index (κ2) is 4.65. The van der Waals surface area contributed by atoms with Crippen molar-refractivity contribution in [1.29, 1.82) is 0 Å². The molecule has 0 aliphatic carbocycles. The maximum absolute atomic E-state index is 5.70. The van der Waals surface area contributed by atoms with Crippen LogP contribution in [0.5, 0.6) is 0 Å². The van der Waals surface area contributed by atoms with Gasteiger partial charge in [0, 0.05) is 37.4 Å². The van der Waals surface area contributed by atoms with E-state index < -0.39 is 0 Å². The summed E-state index contributed by atoms with van der Waals surface area (Å²) < 4.78 is 0. The van der Waals surface area contributed by atoms with Crippen molar-refractivity contribution in [3.8, 4) is 0 Å². The van der Waals surface area contributed by atoms with Crippen molar-refractivity contribution in [2.75, 3.05) is 31.9 Å². The van der Waals surface area contributed by atoms with Crippen LogP contribution in [-0.2, 0) is 0 Å². The lowest BCUT2D eigenvalue weighted by atomic mass is 10.2. The van der Waals surface area contributed by atoms with Crippen molar-refractivity contribution in [3.63, 3.8) is 0 Å². The first-order valence-corrected chi connectivity index (χ1v) is 6.10. The average molecular weight is 221 g/mol. The zero-order valence-electron chi connectivity index (χ0n) is 8.74. The van der Waals surface area contributed by atoms with Crippen LogP contribution in [0.25, 0.3) is 5.70 Å². The SMILES string of the molecule is C=C(c1ccc(N)pc1)N1CCNCC1. The first-order chi connectivity index (χ1) is 7.27. The first-order valence-electron chi connectivity index (χ1n) is 5.14. The minimum Gasteiger partial charge on any atom is -0.395 e. The fourth-order valence-corrected chi connectivity index (χ4v) is 2.38. The lowest BCUT2D eigenvalue weighted by molar-refractivity contribution is 0.341. The van der Waals surface area contributed by atoms with E-state index in [9.17, 15) is 0 Å². The fourth-order valence-electron chi connectivity index (χ4n) is 1.69. The van der Waals surface area contributed by atoms with E-state index in [1.54, 1.807) is 0 Å². The molecule has 0 bridgehead atoms. The van der Waals surface area contributed by atoms with Crippen LogP contribution >= 0.6 is 8.19 Å². The minimum absolute atomic E-state index is 0.895. The molecule has 0 amide bonds. The Labute approximate surface area is 92.1 Å². The molecule has 0 aromatic carbocycles. The van der Waals surface area contributed by atoms with Crippen LogP contribution in [0.15, 0.2) is 24.5 Å².